The van der Waals surface area contributed by atoms with E-state index in [9.17, 15) is 19.2 Å². The van der Waals surface area contributed by atoms with Crippen LogP contribution in [0.1, 0.15) is 43.3 Å². The van der Waals surface area contributed by atoms with Crippen LogP contribution in [0, 0.1) is 0 Å². The Bertz CT molecular complexity index is 1800. The summed E-state index contributed by atoms with van der Waals surface area (Å²) in [5.41, 5.74) is 3.07. The minimum Gasteiger partial charge on any atom is -0.325 e. The summed E-state index contributed by atoms with van der Waals surface area (Å²) < 4.78 is 0. The second kappa shape index (κ2) is 15.0. The van der Waals surface area contributed by atoms with Crippen LogP contribution in [0.4, 0.5) is 11.4 Å². The van der Waals surface area contributed by atoms with E-state index in [-0.39, 0.29) is 23.3 Å². The first-order valence-electron chi connectivity index (χ1n) is 14.0. The summed E-state index contributed by atoms with van der Waals surface area (Å²) >= 11 is 2.83. The molecule has 1 aromatic heterocycles. The molecule has 1 heterocycles. The fourth-order valence-electron chi connectivity index (χ4n) is 4.31. The van der Waals surface area contributed by atoms with Crippen molar-refractivity contribution in [1.82, 2.24) is 5.32 Å². The molecular formula is C36H29N3O4S2. The normalized spacial score (nSPS) is 11.7. The molecule has 0 fully saturated rings. The third-order valence-electron chi connectivity index (χ3n) is 6.62. The molecule has 0 spiro atoms. The molecule has 45 heavy (non-hydrogen) atoms. The van der Waals surface area contributed by atoms with Crippen LogP contribution in [-0.4, -0.2) is 23.5 Å². The van der Waals surface area contributed by atoms with Crippen LogP contribution in [0.15, 0.2) is 137 Å². The van der Waals surface area contributed by atoms with Gasteiger partial charge in [0, 0.05) is 32.3 Å². The first kappa shape index (κ1) is 31.2. The highest BCUT2D eigenvalue weighted by Crippen LogP contribution is 2.37. The maximum absolute atomic E-state index is 13.4. The van der Waals surface area contributed by atoms with Crippen LogP contribution in [-0.2, 0) is 9.59 Å². The van der Waals surface area contributed by atoms with Crippen molar-refractivity contribution in [2.24, 2.45) is 0 Å². The van der Waals surface area contributed by atoms with Crippen molar-refractivity contribution < 1.29 is 19.2 Å². The van der Waals surface area contributed by atoms with E-state index < -0.39 is 11.2 Å². The summed E-state index contributed by atoms with van der Waals surface area (Å²) in [4.78, 5) is 52.9. The third-order valence-corrected chi connectivity index (χ3v) is 8.71. The van der Waals surface area contributed by atoms with Gasteiger partial charge >= 0.3 is 0 Å². The van der Waals surface area contributed by atoms with Gasteiger partial charge in [0.15, 0.2) is 5.78 Å². The zero-order chi connectivity index (χ0) is 31.6. The topological polar surface area (TPSA) is 104 Å². The Hall–Kier alpha value is -5.25. The molecule has 7 nitrogen and oxygen atoms in total. The molecule has 5 aromatic rings. The van der Waals surface area contributed by atoms with Gasteiger partial charge in [-0.3, -0.25) is 19.2 Å². The molecule has 224 valence electrons. The fourth-order valence-corrected chi connectivity index (χ4v) is 5.99. The van der Waals surface area contributed by atoms with E-state index in [1.807, 2.05) is 66.0 Å². The van der Waals surface area contributed by atoms with Crippen molar-refractivity contribution in [2.75, 3.05) is 10.6 Å². The monoisotopic (exact) mass is 631 g/mol. The molecule has 3 N–H and O–H groups in total. The lowest BCUT2D eigenvalue weighted by atomic mass is 10.1. The molecule has 1 atom stereocenters. The van der Waals surface area contributed by atoms with E-state index in [1.165, 1.54) is 30.0 Å². The van der Waals surface area contributed by atoms with E-state index in [0.29, 0.717) is 22.5 Å². The van der Waals surface area contributed by atoms with E-state index in [4.69, 9.17) is 0 Å². The number of Topliss-reactive ketones (excluding diaryl/α,β-unsaturated/α-hetero) is 1. The zero-order valence-electron chi connectivity index (χ0n) is 24.2. The molecule has 3 amide bonds. The third kappa shape index (κ3) is 8.66. The van der Waals surface area contributed by atoms with Crippen molar-refractivity contribution in [3.8, 4) is 0 Å². The van der Waals surface area contributed by atoms with Crippen LogP contribution < -0.4 is 16.0 Å². The minimum atomic E-state index is -0.562. The molecule has 1 unspecified atom stereocenters. The summed E-state index contributed by atoms with van der Waals surface area (Å²) in [7, 11) is 0. The minimum absolute atomic E-state index is 0.0445. The van der Waals surface area contributed by atoms with Crippen molar-refractivity contribution in [3.63, 3.8) is 0 Å². The number of ketones is 1. The van der Waals surface area contributed by atoms with Gasteiger partial charge in [0.25, 0.3) is 11.8 Å². The number of nitrogens with one attached hydrogen (secondary N) is 3. The van der Waals surface area contributed by atoms with Crippen LogP contribution in [0.5, 0.6) is 0 Å². The highest BCUT2D eigenvalue weighted by atomic mass is 32.2. The van der Waals surface area contributed by atoms with Gasteiger partial charge in [-0.1, -0.05) is 54.6 Å². The Morgan fingerprint density at radius 1 is 0.689 bits per heavy atom. The van der Waals surface area contributed by atoms with Gasteiger partial charge in [0.1, 0.15) is 10.9 Å². The lowest BCUT2D eigenvalue weighted by Gasteiger charge is -2.18. The molecule has 5 rings (SSSR count). The van der Waals surface area contributed by atoms with Gasteiger partial charge in [-0.2, -0.15) is 0 Å². The number of benzene rings is 4. The summed E-state index contributed by atoms with van der Waals surface area (Å²) in [5, 5.41) is 9.89. The van der Waals surface area contributed by atoms with Crippen molar-refractivity contribution in [3.05, 3.63) is 154 Å². The van der Waals surface area contributed by atoms with Crippen LogP contribution in [0.25, 0.3) is 6.08 Å². The number of carbonyl (C=O) groups is 4. The number of anilines is 2. The highest BCUT2D eigenvalue weighted by Gasteiger charge is 2.23. The number of rotatable bonds is 11. The molecular weight excluding hydrogens is 603 g/mol. The van der Waals surface area contributed by atoms with Crippen LogP contribution >= 0.6 is 23.1 Å². The molecule has 0 bridgehead atoms. The molecule has 0 saturated heterocycles. The average Bonchev–Trinajstić information content (AvgIpc) is 3.58. The SMILES string of the molecule is CC(=O)c1ccc(NC(=O)C(Sc2ccc(NC(=O)/C(=C/c3cccs3)NC(=O)c3ccccc3)cc2)c2ccccc2)cc1. The second-order valence-electron chi connectivity index (χ2n) is 9.90. The first-order valence-corrected chi connectivity index (χ1v) is 15.8. The van der Waals surface area contributed by atoms with Crippen molar-refractivity contribution in [1.29, 1.82) is 0 Å². The van der Waals surface area contributed by atoms with Crippen LogP contribution in [0.2, 0.25) is 0 Å². The molecule has 4 aromatic carbocycles. The predicted octanol–water partition coefficient (Wildman–Crippen LogP) is 7.83. The standard InChI is InChI=1S/C36H29N3O4S2/c1-24(40)25-14-16-28(17-15-25)38-36(43)33(26-9-4-2-5-10-26)45-30-20-18-29(19-21-30)37-35(42)32(23-31-13-8-22-44-31)39-34(41)27-11-6-3-7-12-27/h2-23,33H,1H3,(H,37,42)(H,38,43)(H,39,41)/b32-23-. The number of hydrogen-bond acceptors (Lipinski definition) is 6. The van der Waals surface area contributed by atoms with Gasteiger partial charge in [-0.15, -0.1) is 23.1 Å². The number of carbonyl (C=O) groups excluding carboxylic acids is 4. The smallest absolute Gasteiger partial charge is 0.272 e. The second-order valence-corrected chi connectivity index (χ2v) is 12.1. The Balaban J connectivity index is 1.29. The molecule has 0 aliphatic carbocycles. The lowest BCUT2D eigenvalue weighted by molar-refractivity contribution is -0.116. The number of amides is 3. The fraction of sp³-hybridized carbons (Fsp3) is 0.0556. The number of hydrogen-bond donors (Lipinski definition) is 3. The molecule has 0 aliphatic heterocycles. The molecule has 9 heteroatoms. The Labute approximate surface area is 269 Å². The Morgan fingerprint density at radius 3 is 1.93 bits per heavy atom. The maximum atomic E-state index is 13.4. The highest BCUT2D eigenvalue weighted by molar-refractivity contribution is 8.00. The van der Waals surface area contributed by atoms with Gasteiger partial charge in [0.05, 0.1) is 0 Å². The Morgan fingerprint density at radius 2 is 1.31 bits per heavy atom. The summed E-state index contributed by atoms with van der Waals surface area (Å²) in [5.74, 6) is -1.11. The molecule has 0 saturated carbocycles. The largest absolute Gasteiger partial charge is 0.325 e. The molecule has 0 radical (unpaired) electrons. The summed E-state index contributed by atoms with van der Waals surface area (Å²) in [6.45, 7) is 1.50. The molecule has 0 aliphatic rings. The Kier molecular flexibility index (Phi) is 10.4. The van der Waals surface area contributed by atoms with Crippen LogP contribution in [0.3, 0.4) is 0 Å². The quantitative estimate of drug-likeness (QED) is 0.0783. The van der Waals surface area contributed by atoms with Gasteiger partial charge in [-0.25, -0.2) is 0 Å². The number of thiophene rings is 1. The van der Waals surface area contributed by atoms with Gasteiger partial charge < -0.3 is 16.0 Å². The van der Waals surface area contributed by atoms with Crippen molar-refractivity contribution >= 4 is 64.1 Å². The van der Waals surface area contributed by atoms with E-state index >= 15 is 0 Å². The van der Waals surface area contributed by atoms with E-state index in [0.717, 1.165) is 15.3 Å². The lowest BCUT2D eigenvalue weighted by Crippen LogP contribution is -2.30. The average molecular weight is 632 g/mol. The van der Waals surface area contributed by atoms with E-state index in [2.05, 4.69) is 16.0 Å². The van der Waals surface area contributed by atoms with Gasteiger partial charge in [-0.05, 0) is 90.7 Å². The summed E-state index contributed by atoms with van der Waals surface area (Å²) in [6, 6.07) is 35.8. The zero-order valence-corrected chi connectivity index (χ0v) is 25.9. The number of thioether (sulfide) groups is 1. The van der Waals surface area contributed by atoms with Crippen molar-refractivity contribution in [2.45, 2.75) is 17.1 Å². The van der Waals surface area contributed by atoms with E-state index in [1.54, 1.807) is 66.7 Å². The predicted molar refractivity (Wildman–Crippen MR) is 181 cm³/mol. The van der Waals surface area contributed by atoms with Gasteiger partial charge in [0.2, 0.25) is 5.91 Å². The maximum Gasteiger partial charge on any atom is 0.272 e. The summed E-state index contributed by atoms with van der Waals surface area (Å²) in [6.07, 6.45) is 1.64. The first-order chi connectivity index (χ1) is 21.9.